The number of amides is 3. The van der Waals surface area contributed by atoms with Crippen molar-refractivity contribution in [2.75, 3.05) is 13.2 Å². The van der Waals surface area contributed by atoms with Crippen molar-refractivity contribution in [1.82, 2.24) is 16.0 Å². The van der Waals surface area contributed by atoms with Gasteiger partial charge in [0.2, 0.25) is 5.91 Å². The molecule has 1 aromatic rings. The minimum Gasteiger partial charge on any atom is -0.352 e. The van der Waals surface area contributed by atoms with Crippen LogP contribution in [0.4, 0.5) is 9.18 Å². The number of urea groups is 1. The molecule has 3 N–H and O–H groups in total. The molecule has 0 saturated heterocycles. The van der Waals surface area contributed by atoms with Crippen molar-refractivity contribution < 1.29 is 14.0 Å². The summed E-state index contributed by atoms with van der Waals surface area (Å²) in [5.74, 6) is -0.429. The van der Waals surface area contributed by atoms with Crippen molar-refractivity contribution in [2.45, 2.75) is 26.4 Å². The third-order valence-corrected chi connectivity index (χ3v) is 3.12. The molecule has 5 nitrogen and oxygen atoms in total. The molecule has 0 fully saturated rings. The molecular formula is C14H19ClFN3O2. The van der Waals surface area contributed by atoms with E-state index < -0.39 is 24.7 Å². The minimum atomic E-state index is -0.739. The topological polar surface area (TPSA) is 70.2 Å². The first kappa shape index (κ1) is 17.2. The van der Waals surface area contributed by atoms with E-state index in [0.29, 0.717) is 11.6 Å². The summed E-state index contributed by atoms with van der Waals surface area (Å²) in [5, 5.41) is 8.07. The molecule has 1 atom stereocenters. The molecule has 21 heavy (non-hydrogen) atoms. The number of hydrogen-bond acceptors (Lipinski definition) is 2. The van der Waals surface area contributed by atoms with Gasteiger partial charge in [-0.1, -0.05) is 17.7 Å². The molecule has 0 aliphatic heterocycles. The molecule has 0 bridgehead atoms. The fourth-order valence-electron chi connectivity index (χ4n) is 1.64. The second-order valence-electron chi connectivity index (χ2n) is 4.60. The average Bonchev–Trinajstić information content (AvgIpc) is 2.45. The zero-order chi connectivity index (χ0) is 15.8. The van der Waals surface area contributed by atoms with Crippen molar-refractivity contribution in [1.29, 1.82) is 0 Å². The van der Waals surface area contributed by atoms with E-state index in [-0.39, 0.29) is 6.54 Å². The van der Waals surface area contributed by atoms with E-state index in [1.807, 2.05) is 13.0 Å². The van der Waals surface area contributed by atoms with E-state index in [9.17, 15) is 14.0 Å². The van der Waals surface area contributed by atoms with Crippen LogP contribution in [0, 0.1) is 6.92 Å². The highest BCUT2D eigenvalue weighted by atomic mass is 35.5. The Labute approximate surface area is 128 Å². The van der Waals surface area contributed by atoms with Gasteiger partial charge in [-0.25, -0.2) is 9.18 Å². The molecule has 0 spiro atoms. The van der Waals surface area contributed by atoms with Crippen LogP contribution in [0.15, 0.2) is 18.2 Å². The summed E-state index contributed by atoms with van der Waals surface area (Å²) < 4.78 is 11.9. The normalized spacial score (nSPS) is 11.6. The Morgan fingerprint density at radius 3 is 2.71 bits per heavy atom. The maximum Gasteiger partial charge on any atom is 0.315 e. The van der Waals surface area contributed by atoms with E-state index in [2.05, 4.69) is 16.0 Å². The fraction of sp³-hybridized carbons (Fsp3) is 0.429. The highest BCUT2D eigenvalue weighted by Crippen LogP contribution is 2.14. The average molecular weight is 316 g/mol. The SMILES string of the molecule is Cc1ccc(Cl)cc1CNC(=O)N[C@@H](C)C(=O)NCCF. The number of hydrogen-bond donors (Lipinski definition) is 3. The first-order valence-corrected chi connectivity index (χ1v) is 6.95. The molecule has 1 aromatic carbocycles. The lowest BCUT2D eigenvalue weighted by molar-refractivity contribution is -0.122. The molecule has 0 unspecified atom stereocenters. The second kappa shape index (κ2) is 8.46. The number of rotatable bonds is 6. The van der Waals surface area contributed by atoms with Gasteiger partial charge in [-0.3, -0.25) is 4.79 Å². The Morgan fingerprint density at radius 2 is 2.05 bits per heavy atom. The maximum absolute atomic E-state index is 11.9. The summed E-state index contributed by atoms with van der Waals surface area (Å²) in [7, 11) is 0. The Balaban J connectivity index is 2.43. The van der Waals surface area contributed by atoms with Gasteiger partial charge in [0.05, 0.1) is 0 Å². The van der Waals surface area contributed by atoms with Crippen LogP contribution in [0.25, 0.3) is 0 Å². The Bertz CT molecular complexity index is 511. The Hall–Kier alpha value is -1.82. The van der Waals surface area contributed by atoms with Crippen LogP contribution >= 0.6 is 11.6 Å². The third-order valence-electron chi connectivity index (χ3n) is 2.89. The van der Waals surface area contributed by atoms with Crippen LogP contribution < -0.4 is 16.0 Å². The molecule has 0 aliphatic rings. The van der Waals surface area contributed by atoms with Crippen LogP contribution in [0.1, 0.15) is 18.1 Å². The van der Waals surface area contributed by atoms with E-state index in [1.165, 1.54) is 6.92 Å². The van der Waals surface area contributed by atoms with Crippen molar-refractivity contribution in [2.24, 2.45) is 0 Å². The van der Waals surface area contributed by atoms with Crippen LogP contribution in [-0.2, 0) is 11.3 Å². The van der Waals surface area contributed by atoms with E-state index in [0.717, 1.165) is 11.1 Å². The van der Waals surface area contributed by atoms with Gasteiger partial charge in [0.15, 0.2) is 0 Å². The van der Waals surface area contributed by atoms with Crippen LogP contribution in [0.2, 0.25) is 5.02 Å². The summed E-state index contributed by atoms with van der Waals surface area (Å²) in [6.07, 6.45) is 0. The van der Waals surface area contributed by atoms with Crippen LogP contribution in [0.5, 0.6) is 0 Å². The van der Waals surface area contributed by atoms with Gasteiger partial charge >= 0.3 is 6.03 Å². The van der Waals surface area contributed by atoms with Gasteiger partial charge in [-0.2, -0.15) is 0 Å². The molecule has 0 aromatic heterocycles. The smallest absolute Gasteiger partial charge is 0.315 e. The maximum atomic E-state index is 11.9. The number of alkyl halides is 1. The second-order valence-corrected chi connectivity index (χ2v) is 5.04. The number of aryl methyl sites for hydroxylation is 1. The first-order chi connectivity index (χ1) is 9.93. The van der Waals surface area contributed by atoms with Crippen molar-refractivity contribution in [3.63, 3.8) is 0 Å². The number of benzene rings is 1. The van der Waals surface area contributed by atoms with Crippen molar-refractivity contribution >= 4 is 23.5 Å². The molecule has 1 rings (SSSR count). The first-order valence-electron chi connectivity index (χ1n) is 6.57. The van der Waals surface area contributed by atoms with Gasteiger partial charge in [-0.15, -0.1) is 0 Å². The number of carbonyl (C=O) groups is 2. The van der Waals surface area contributed by atoms with Gasteiger partial charge in [0.1, 0.15) is 12.7 Å². The molecule has 0 heterocycles. The van der Waals surface area contributed by atoms with E-state index >= 15 is 0 Å². The molecule has 0 aliphatic carbocycles. The summed E-state index contributed by atoms with van der Waals surface area (Å²) >= 11 is 5.89. The van der Waals surface area contributed by atoms with Crippen molar-refractivity contribution in [3.8, 4) is 0 Å². The monoisotopic (exact) mass is 315 g/mol. The molecule has 0 radical (unpaired) electrons. The largest absolute Gasteiger partial charge is 0.352 e. The van der Waals surface area contributed by atoms with Crippen molar-refractivity contribution in [3.05, 3.63) is 34.3 Å². The standard InChI is InChI=1S/C14H19ClFN3O2/c1-9-3-4-12(15)7-11(9)8-18-14(21)19-10(2)13(20)17-6-5-16/h3-4,7,10H,5-6,8H2,1-2H3,(H,17,20)(H2,18,19,21)/t10-/m0/s1. The lowest BCUT2D eigenvalue weighted by atomic mass is 10.1. The zero-order valence-electron chi connectivity index (χ0n) is 12.0. The highest BCUT2D eigenvalue weighted by molar-refractivity contribution is 6.30. The highest BCUT2D eigenvalue weighted by Gasteiger charge is 2.14. The summed E-state index contributed by atoms with van der Waals surface area (Å²) in [5.41, 5.74) is 1.90. The lowest BCUT2D eigenvalue weighted by Crippen LogP contribution is -2.48. The predicted octanol–water partition coefficient (Wildman–Crippen LogP) is 1.92. The fourth-order valence-corrected chi connectivity index (χ4v) is 1.84. The molecule has 7 heteroatoms. The number of halogens is 2. The van der Waals surface area contributed by atoms with E-state index in [1.54, 1.807) is 12.1 Å². The predicted molar refractivity (Wildman–Crippen MR) is 80.0 cm³/mol. The Kier molecular flexibility index (Phi) is 6.94. The summed E-state index contributed by atoms with van der Waals surface area (Å²) in [6.45, 7) is 3.04. The summed E-state index contributed by atoms with van der Waals surface area (Å²) in [6, 6.07) is 4.20. The number of nitrogens with one attached hydrogen (secondary N) is 3. The van der Waals surface area contributed by atoms with Gasteiger partial charge in [0, 0.05) is 18.1 Å². The quantitative estimate of drug-likeness (QED) is 0.750. The molecule has 116 valence electrons. The Morgan fingerprint density at radius 1 is 1.33 bits per heavy atom. The lowest BCUT2D eigenvalue weighted by Gasteiger charge is -2.15. The van der Waals surface area contributed by atoms with Gasteiger partial charge in [0.25, 0.3) is 0 Å². The minimum absolute atomic E-state index is 0.0613. The van der Waals surface area contributed by atoms with Gasteiger partial charge in [-0.05, 0) is 37.1 Å². The van der Waals surface area contributed by atoms with Gasteiger partial charge < -0.3 is 16.0 Å². The van der Waals surface area contributed by atoms with E-state index in [4.69, 9.17) is 11.6 Å². The molecular weight excluding hydrogens is 297 g/mol. The third kappa shape index (κ3) is 5.99. The van der Waals surface area contributed by atoms with Crippen LogP contribution in [-0.4, -0.2) is 31.2 Å². The molecule has 3 amide bonds. The summed E-state index contributed by atoms with van der Waals surface area (Å²) in [4.78, 5) is 23.2. The number of carbonyl (C=O) groups excluding carboxylic acids is 2. The zero-order valence-corrected chi connectivity index (χ0v) is 12.8. The molecule has 0 saturated carbocycles. The van der Waals surface area contributed by atoms with Crippen LogP contribution in [0.3, 0.4) is 0 Å².